The minimum Gasteiger partial charge on any atom is -0.393 e. The van der Waals surface area contributed by atoms with Crippen molar-refractivity contribution in [2.75, 3.05) is 6.61 Å². The van der Waals surface area contributed by atoms with Crippen molar-refractivity contribution in [3.05, 3.63) is 23.8 Å². The molecular formula is C27H42O6S. The molecule has 192 valence electrons. The van der Waals surface area contributed by atoms with Gasteiger partial charge in [0.2, 0.25) is 0 Å². The molecule has 6 nitrogen and oxygen atoms in total. The largest absolute Gasteiger partial charge is 0.397 e. The van der Waals surface area contributed by atoms with Crippen LogP contribution in [0.25, 0.3) is 0 Å². The lowest BCUT2D eigenvalue weighted by Crippen LogP contribution is -2.52. The van der Waals surface area contributed by atoms with Gasteiger partial charge in [0.05, 0.1) is 12.7 Å². The highest BCUT2D eigenvalue weighted by molar-refractivity contribution is 7.80. The van der Waals surface area contributed by atoms with Crippen molar-refractivity contribution in [2.24, 2.45) is 46.3 Å². The van der Waals surface area contributed by atoms with Crippen LogP contribution in [0.2, 0.25) is 0 Å². The van der Waals surface area contributed by atoms with Crippen LogP contribution in [0, 0.1) is 46.3 Å². The van der Waals surface area contributed by atoms with Crippen LogP contribution in [0.5, 0.6) is 0 Å². The maximum absolute atomic E-state index is 13.2. The van der Waals surface area contributed by atoms with Crippen molar-refractivity contribution in [1.82, 2.24) is 0 Å². The molecule has 34 heavy (non-hydrogen) atoms. The third-order valence-corrected chi connectivity index (χ3v) is 10.5. The Labute approximate surface area is 205 Å². The molecule has 3 saturated carbocycles. The van der Waals surface area contributed by atoms with E-state index in [4.69, 9.17) is 4.55 Å². The third-order valence-electron chi connectivity index (χ3n) is 10.1. The molecule has 0 spiro atoms. The Morgan fingerprint density at radius 2 is 1.76 bits per heavy atom. The van der Waals surface area contributed by atoms with Crippen LogP contribution in [0.1, 0.15) is 79.1 Å². The Morgan fingerprint density at radius 3 is 2.47 bits per heavy atom. The number of allylic oxidation sites excluding steroid dienone is 4. The fourth-order valence-corrected chi connectivity index (χ4v) is 8.58. The molecule has 7 heteroatoms. The first kappa shape index (κ1) is 26.1. The summed E-state index contributed by atoms with van der Waals surface area (Å²) in [6, 6.07) is 0. The Kier molecular flexibility index (Phi) is 7.24. The van der Waals surface area contributed by atoms with Crippen LogP contribution in [0.3, 0.4) is 0 Å². The molecule has 4 aliphatic carbocycles. The lowest BCUT2D eigenvalue weighted by molar-refractivity contribution is -0.132. The Bertz CT molecular complexity index is 954. The van der Waals surface area contributed by atoms with Crippen molar-refractivity contribution >= 4 is 16.2 Å². The van der Waals surface area contributed by atoms with Crippen LogP contribution in [0.4, 0.5) is 0 Å². The summed E-state index contributed by atoms with van der Waals surface area (Å²) in [5.74, 6) is 2.09. The molecule has 9 atom stereocenters. The summed E-state index contributed by atoms with van der Waals surface area (Å²) in [5.41, 5.74) is 1.58. The topological polar surface area (TPSA) is 101 Å². The number of carbonyl (C=O) groups excluding carboxylic acids is 1. The van der Waals surface area contributed by atoms with Gasteiger partial charge >= 0.3 is 10.4 Å². The summed E-state index contributed by atoms with van der Waals surface area (Å²) < 4.78 is 34.8. The lowest BCUT2D eigenvalue weighted by Gasteiger charge is -2.57. The summed E-state index contributed by atoms with van der Waals surface area (Å²) in [6.07, 6.45) is 13.7. The van der Waals surface area contributed by atoms with E-state index in [9.17, 15) is 18.3 Å². The van der Waals surface area contributed by atoms with Gasteiger partial charge in [-0.15, -0.1) is 0 Å². The van der Waals surface area contributed by atoms with E-state index in [1.54, 1.807) is 0 Å². The molecule has 0 aliphatic heterocycles. The zero-order chi connectivity index (χ0) is 24.9. The van der Waals surface area contributed by atoms with Gasteiger partial charge in [0.1, 0.15) is 0 Å². The molecule has 0 radical (unpaired) electrons. The van der Waals surface area contributed by atoms with Crippen LogP contribution in [-0.2, 0) is 19.4 Å². The van der Waals surface area contributed by atoms with E-state index in [0.717, 1.165) is 32.1 Å². The van der Waals surface area contributed by atoms with Gasteiger partial charge in [0, 0.05) is 5.92 Å². The van der Waals surface area contributed by atoms with E-state index in [1.807, 2.05) is 13.0 Å². The summed E-state index contributed by atoms with van der Waals surface area (Å²) in [6.45, 7) is 8.90. The van der Waals surface area contributed by atoms with Crippen molar-refractivity contribution in [1.29, 1.82) is 0 Å². The number of hydrogen-bond acceptors (Lipinski definition) is 5. The van der Waals surface area contributed by atoms with Crippen molar-refractivity contribution in [2.45, 2.75) is 85.2 Å². The normalized spacial score (nSPS) is 42.0. The van der Waals surface area contributed by atoms with Gasteiger partial charge in [-0.1, -0.05) is 45.4 Å². The quantitative estimate of drug-likeness (QED) is 0.375. The van der Waals surface area contributed by atoms with Gasteiger partial charge in [0.25, 0.3) is 0 Å². The SMILES string of the molecule is CC(C/C=C/[C@@H](C)[C@H]1CCC2C3=CC(=O)C4C[C@H](O)CC[C@]4(C)C3CC[C@@]21C)COS(=O)(=O)O. The van der Waals surface area contributed by atoms with Gasteiger partial charge in [-0.3, -0.25) is 9.35 Å². The first-order valence-electron chi connectivity index (χ1n) is 13.1. The Morgan fingerprint density at radius 1 is 1.09 bits per heavy atom. The lowest BCUT2D eigenvalue weighted by atomic mass is 9.47. The maximum atomic E-state index is 13.2. The van der Waals surface area contributed by atoms with Gasteiger partial charge in [-0.05, 0) is 97.9 Å². The molecule has 0 saturated heterocycles. The predicted molar refractivity (Wildman–Crippen MR) is 131 cm³/mol. The number of fused-ring (bicyclic) bond motifs is 5. The molecule has 0 heterocycles. The van der Waals surface area contributed by atoms with Crippen LogP contribution < -0.4 is 0 Å². The van der Waals surface area contributed by atoms with Crippen molar-refractivity contribution in [3.63, 3.8) is 0 Å². The van der Waals surface area contributed by atoms with E-state index >= 15 is 0 Å². The summed E-state index contributed by atoms with van der Waals surface area (Å²) in [5, 5.41) is 10.2. The molecule has 4 unspecified atom stereocenters. The van der Waals surface area contributed by atoms with Crippen molar-refractivity contribution in [3.8, 4) is 0 Å². The van der Waals surface area contributed by atoms with Gasteiger partial charge in [-0.25, -0.2) is 4.18 Å². The zero-order valence-electron chi connectivity index (χ0n) is 21.1. The first-order valence-corrected chi connectivity index (χ1v) is 14.4. The number of carbonyl (C=O) groups is 1. The standard InChI is InChI=1S/C27H42O6S/c1-17(16-33-34(30,31)32)6-5-7-18(2)21-8-9-22-20-15-25(29)24-14-19(28)10-12-27(24,4)23(20)11-13-26(21,22)3/h5,7,15,17-19,21-24,28H,6,8-14,16H2,1-4H3,(H,30,31,32)/b7-5+/t17?,18-,19-,21-,22?,23?,24?,26-,27-/m1/s1. The fourth-order valence-electron chi connectivity index (χ4n) is 8.18. The number of aliphatic hydroxyl groups is 1. The van der Waals surface area contributed by atoms with E-state index in [1.165, 1.54) is 12.0 Å². The molecule has 0 aromatic rings. The highest BCUT2D eigenvalue weighted by Crippen LogP contribution is 2.66. The molecule has 0 bridgehead atoms. The van der Waals surface area contributed by atoms with E-state index in [-0.39, 0.29) is 41.2 Å². The van der Waals surface area contributed by atoms with Gasteiger partial charge in [-0.2, -0.15) is 8.42 Å². The maximum Gasteiger partial charge on any atom is 0.397 e. The van der Waals surface area contributed by atoms with Crippen LogP contribution >= 0.6 is 0 Å². The molecular weight excluding hydrogens is 452 g/mol. The fraction of sp³-hybridized carbons (Fsp3) is 0.815. The second kappa shape index (κ2) is 9.45. The number of rotatable bonds is 7. The Hall–Kier alpha value is -1.02. The average molecular weight is 495 g/mol. The van der Waals surface area contributed by atoms with Crippen LogP contribution in [-0.4, -0.2) is 36.6 Å². The smallest absolute Gasteiger partial charge is 0.393 e. The van der Waals surface area contributed by atoms with Gasteiger partial charge < -0.3 is 5.11 Å². The molecule has 4 rings (SSSR count). The van der Waals surface area contributed by atoms with Crippen molar-refractivity contribution < 1.29 is 27.1 Å². The average Bonchev–Trinajstić information content (AvgIpc) is 3.10. The summed E-state index contributed by atoms with van der Waals surface area (Å²) >= 11 is 0. The number of aliphatic hydroxyl groups excluding tert-OH is 1. The van der Waals surface area contributed by atoms with Gasteiger partial charge in [0.15, 0.2) is 5.78 Å². The molecule has 2 N–H and O–H groups in total. The second-order valence-electron chi connectivity index (χ2n) is 12.2. The summed E-state index contributed by atoms with van der Waals surface area (Å²) in [4.78, 5) is 13.2. The first-order chi connectivity index (χ1) is 15.8. The van der Waals surface area contributed by atoms with E-state index < -0.39 is 10.4 Å². The molecule has 0 amide bonds. The van der Waals surface area contributed by atoms with Crippen LogP contribution in [0.15, 0.2) is 23.8 Å². The molecule has 4 aliphatic rings. The molecule has 0 aromatic carbocycles. The minimum absolute atomic E-state index is 0.00571. The monoisotopic (exact) mass is 494 g/mol. The van der Waals surface area contributed by atoms with E-state index in [2.05, 4.69) is 37.1 Å². The Balaban J connectivity index is 1.45. The van der Waals surface area contributed by atoms with E-state index in [0.29, 0.717) is 36.5 Å². The summed E-state index contributed by atoms with van der Waals surface area (Å²) in [7, 11) is -4.39. The second-order valence-corrected chi connectivity index (χ2v) is 13.3. The molecule has 3 fully saturated rings. The highest BCUT2D eigenvalue weighted by Gasteiger charge is 2.59. The number of ketones is 1. The molecule has 0 aromatic heterocycles. The number of hydrogen-bond donors (Lipinski definition) is 2. The predicted octanol–water partition coefficient (Wildman–Crippen LogP) is 5.14. The minimum atomic E-state index is -4.39. The highest BCUT2D eigenvalue weighted by atomic mass is 32.3. The zero-order valence-corrected chi connectivity index (χ0v) is 21.9. The third kappa shape index (κ3) is 4.82.